The number of aromatic nitrogens is 1. The van der Waals surface area contributed by atoms with Gasteiger partial charge in [0.05, 0.1) is 6.20 Å². The predicted octanol–water partition coefficient (Wildman–Crippen LogP) is 13.1. The standard InChI is InChI=1S/C47H32N2O/c1-3-9-33(10-4-1)35-21-25-41(26-22-35)49(40-13-5-2-6-14-40)42-27-23-36(24-28-42)34-17-19-37(20-18-34)38-11-7-12-39(31-38)43-15-8-16-45-44-29-30-48-32-46(44)50-47(43)45/h1-32H. The van der Waals surface area contributed by atoms with Crippen molar-refractivity contribution in [1.29, 1.82) is 0 Å². The van der Waals surface area contributed by atoms with Gasteiger partial charge in [-0.1, -0.05) is 133 Å². The third-order valence-electron chi connectivity index (χ3n) is 9.40. The van der Waals surface area contributed by atoms with Crippen molar-refractivity contribution in [3.8, 4) is 44.5 Å². The van der Waals surface area contributed by atoms with Crippen molar-refractivity contribution in [2.75, 3.05) is 4.90 Å². The van der Waals surface area contributed by atoms with E-state index in [-0.39, 0.29) is 0 Å². The van der Waals surface area contributed by atoms with Gasteiger partial charge in [-0.05, 0) is 87.5 Å². The van der Waals surface area contributed by atoms with E-state index in [1.54, 1.807) is 6.20 Å². The van der Waals surface area contributed by atoms with Crippen LogP contribution >= 0.6 is 0 Å². The quantitative estimate of drug-likeness (QED) is 0.174. The number of nitrogens with zero attached hydrogens (tertiary/aromatic N) is 2. The maximum Gasteiger partial charge on any atom is 0.153 e. The zero-order valence-electron chi connectivity index (χ0n) is 27.3. The van der Waals surface area contributed by atoms with E-state index in [0.717, 1.165) is 55.7 Å². The summed E-state index contributed by atoms with van der Waals surface area (Å²) >= 11 is 0. The van der Waals surface area contributed by atoms with Crippen LogP contribution < -0.4 is 4.90 Å². The van der Waals surface area contributed by atoms with Crippen molar-refractivity contribution in [3.05, 3.63) is 194 Å². The number of rotatable bonds is 7. The molecule has 0 spiro atoms. The lowest BCUT2D eigenvalue weighted by Gasteiger charge is -2.26. The molecule has 0 N–H and O–H groups in total. The number of hydrogen-bond acceptors (Lipinski definition) is 3. The SMILES string of the molecule is c1ccc(-c2ccc(N(c3ccccc3)c3ccc(-c4ccc(-c5cccc(-c6cccc7c6oc6cnccc67)c5)cc4)cc3)cc2)cc1. The van der Waals surface area contributed by atoms with Gasteiger partial charge in [-0.2, -0.15) is 0 Å². The average molecular weight is 641 g/mol. The molecule has 2 aromatic heterocycles. The van der Waals surface area contributed by atoms with E-state index < -0.39 is 0 Å². The largest absolute Gasteiger partial charge is 0.454 e. The second-order valence-electron chi connectivity index (χ2n) is 12.4. The van der Waals surface area contributed by atoms with Gasteiger partial charge < -0.3 is 9.32 Å². The molecule has 0 aliphatic rings. The van der Waals surface area contributed by atoms with Crippen LogP contribution in [0.5, 0.6) is 0 Å². The third kappa shape index (κ3) is 5.51. The van der Waals surface area contributed by atoms with Gasteiger partial charge in [0, 0.05) is 39.6 Å². The first kappa shape index (κ1) is 29.4. The number of hydrogen-bond donors (Lipinski definition) is 0. The Bertz CT molecular complexity index is 2550. The Kier molecular flexibility index (Phi) is 7.49. The molecule has 0 unspecified atom stereocenters. The van der Waals surface area contributed by atoms with Gasteiger partial charge in [0.15, 0.2) is 5.58 Å². The summed E-state index contributed by atoms with van der Waals surface area (Å²) in [5.41, 5.74) is 14.3. The maximum atomic E-state index is 6.28. The minimum absolute atomic E-state index is 0.806. The molecule has 9 aromatic rings. The lowest BCUT2D eigenvalue weighted by molar-refractivity contribution is 0.668. The Morgan fingerprint density at radius 2 is 0.880 bits per heavy atom. The van der Waals surface area contributed by atoms with Crippen LogP contribution in [0, 0.1) is 0 Å². The molecule has 0 saturated heterocycles. The zero-order valence-corrected chi connectivity index (χ0v) is 27.3. The number of pyridine rings is 1. The molecule has 0 aliphatic carbocycles. The van der Waals surface area contributed by atoms with Crippen LogP contribution in [0.25, 0.3) is 66.4 Å². The summed E-state index contributed by atoms with van der Waals surface area (Å²) < 4.78 is 6.28. The monoisotopic (exact) mass is 640 g/mol. The van der Waals surface area contributed by atoms with Gasteiger partial charge in [0.2, 0.25) is 0 Å². The van der Waals surface area contributed by atoms with Crippen LogP contribution in [-0.2, 0) is 0 Å². The molecule has 3 nitrogen and oxygen atoms in total. The third-order valence-corrected chi connectivity index (χ3v) is 9.40. The normalized spacial score (nSPS) is 11.2. The fourth-order valence-electron chi connectivity index (χ4n) is 6.86. The second kappa shape index (κ2) is 12.7. The first-order chi connectivity index (χ1) is 24.8. The summed E-state index contributed by atoms with van der Waals surface area (Å²) in [5.74, 6) is 0. The lowest BCUT2D eigenvalue weighted by atomic mass is 9.96. The van der Waals surface area contributed by atoms with Crippen LogP contribution in [0.4, 0.5) is 17.1 Å². The van der Waals surface area contributed by atoms with Crippen LogP contribution in [-0.4, -0.2) is 4.98 Å². The van der Waals surface area contributed by atoms with Crippen molar-refractivity contribution < 1.29 is 4.42 Å². The van der Waals surface area contributed by atoms with Crippen molar-refractivity contribution in [2.45, 2.75) is 0 Å². The van der Waals surface area contributed by atoms with E-state index in [0.29, 0.717) is 0 Å². The number of para-hydroxylation sites is 2. The number of anilines is 3. The van der Waals surface area contributed by atoms with Crippen molar-refractivity contribution in [1.82, 2.24) is 4.98 Å². The molecule has 0 amide bonds. The Balaban J connectivity index is 0.991. The summed E-state index contributed by atoms with van der Waals surface area (Å²) in [7, 11) is 0. The first-order valence-electron chi connectivity index (χ1n) is 16.9. The van der Waals surface area contributed by atoms with E-state index in [1.807, 2.05) is 12.3 Å². The van der Waals surface area contributed by atoms with E-state index in [2.05, 4.69) is 186 Å². The van der Waals surface area contributed by atoms with E-state index >= 15 is 0 Å². The Labute approximate surface area is 291 Å². The Morgan fingerprint density at radius 1 is 0.380 bits per heavy atom. The number of fused-ring (bicyclic) bond motifs is 3. The molecule has 236 valence electrons. The molecule has 0 atom stereocenters. The van der Waals surface area contributed by atoms with Gasteiger partial charge in [0.25, 0.3) is 0 Å². The van der Waals surface area contributed by atoms with Crippen LogP contribution in [0.3, 0.4) is 0 Å². The van der Waals surface area contributed by atoms with Gasteiger partial charge in [-0.3, -0.25) is 4.98 Å². The molecule has 9 rings (SSSR count). The summed E-state index contributed by atoms with van der Waals surface area (Å²) in [4.78, 5) is 6.55. The fraction of sp³-hybridized carbons (Fsp3) is 0. The maximum absolute atomic E-state index is 6.28. The van der Waals surface area contributed by atoms with Crippen LogP contribution in [0.15, 0.2) is 199 Å². The highest BCUT2D eigenvalue weighted by Gasteiger charge is 2.14. The highest BCUT2D eigenvalue weighted by molar-refractivity contribution is 6.09. The van der Waals surface area contributed by atoms with Gasteiger partial charge in [0.1, 0.15) is 5.58 Å². The highest BCUT2D eigenvalue weighted by Crippen LogP contribution is 2.38. The van der Waals surface area contributed by atoms with Crippen molar-refractivity contribution >= 4 is 39.0 Å². The summed E-state index contributed by atoms with van der Waals surface area (Å²) in [6.45, 7) is 0. The van der Waals surface area contributed by atoms with Gasteiger partial charge >= 0.3 is 0 Å². The first-order valence-corrected chi connectivity index (χ1v) is 16.9. The number of benzene rings is 7. The molecule has 0 saturated carbocycles. The van der Waals surface area contributed by atoms with Crippen molar-refractivity contribution in [3.63, 3.8) is 0 Å². The molecule has 50 heavy (non-hydrogen) atoms. The Morgan fingerprint density at radius 3 is 1.54 bits per heavy atom. The van der Waals surface area contributed by atoms with Gasteiger partial charge in [-0.25, -0.2) is 0 Å². The minimum atomic E-state index is 0.806. The summed E-state index contributed by atoms with van der Waals surface area (Å²) in [5, 5.41) is 2.19. The predicted molar refractivity (Wildman–Crippen MR) is 208 cm³/mol. The molecule has 0 radical (unpaired) electrons. The Hall–Kier alpha value is -6.71. The molecule has 3 heteroatoms. The smallest absolute Gasteiger partial charge is 0.153 e. The summed E-state index contributed by atoms with van der Waals surface area (Å²) in [6, 6.07) is 64.5. The van der Waals surface area contributed by atoms with Crippen LogP contribution in [0.1, 0.15) is 0 Å². The topological polar surface area (TPSA) is 29.3 Å². The van der Waals surface area contributed by atoms with E-state index in [4.69, 9.17) is 4.42 Å². The average Bonchev–Trinajstić information content (AvgIpc) is 3.59. The molecule has 7 aromatic carbocycles. The molecule has 0 aliphatic heterocycles. The van der Waals surface area contributed by atoms with E-state index in [1.165, 1.54) is 27.8 Å². The van der Waals surface area contributed by atoms with Crippen molar-refractivity contribution in [2.24, 2.45) is 0 Å². The second-order valence-corrected chi connectivity index (χ2v) is 12.4. The van der Waals surface area contributed by atoms with Crippen LogP contribution in [0.2, 0.25) is 0 Å². The lowest BCUT2D eigenvalue weighted by Crippen LogP contribution is -2.09. The summed E-state index contributed by atoms with van der Waals surface area (Å²) in [6.07, 6.45) is 3.60. The highest BCUT2D eigenvalue weighted by atomic mass is 16.3. The minimum Gasteiger partial charge on any atom is -0.454 e. The molecule has 0 fully saturated rings. The zero-order chi connectivity index (χ0) is 33.3. The molecular weight excluding hydrogens is 609 g/mol. The fourth-order valence-corrected chi connectivity index (χ4v) is 6.86. The molecule has 0 bridgehead atoms. The molecular formula is C47H32N2O. The van der Waals surface area contributed by atoms with E-state index in [9.17, 15) is 0 Å². The van der Waals surface area contributed by atoms with Gasteiger partial charge in [-0.15, -0.1) is 0 Å². The number of furan rings is 1. The molecule has 2 heterocycles.